The fourth-order valence-corrected chi connectivity index (χ4v) is 3.02. The molecule has 0 bridgehead atoms. The van der Waals surface area contributed by atoms with E-state index in [2.05, 4.69) is 10.3 Å². The van der Waals surface area contributed by atoms with Gasteiger partial charge in [0.1, 0.15) is 5.01 Å². The Labute approximate surface area is 109 Å². The number of rotatable bonds is 3. The van der Waals surface area contributed by atoms with Gasteiger partial charge in [-0.05, 0) is 31.4 Å². The molecule has 3 N–H and O–H groups in total. The van der Waals surface area contributed by atoms with Gasteiger partial charge in [-0.15, -0.1) is 11.3 Å². The standard InChI is InChI=1S/C13H15N3OS/c14-13(6-3-7-13)12(17)15-8-11-16-9-4-1-2-5-10(9)18-11/h1-2,4-5H,3,6-8,14H2,(H,15,17). The van der Waals surface area contributed by atoms with Gasteiger partial charge in [-0.25, -0.2) is 4.98 Å². The van der Waals surface area contributed by atoms with Crippen molar-refractivity contribution in [3.8, 4) is 0 Å². The number of aromatic nitrogens is 1. The van der Waals surface area contributed by atoms with E-state index in [-0.39, 0.29) is 5.91 Å². The summed E-state index contributed by atoms with van der Waals surface area (Å²) < 4.78 is 1.15. The van der Waals surface area contributed by atoms with Gasteiger partial charge in [-0.1, -0.05) is 12.1 Å². The number of benzene rings is 1. The number of carbonyl (C=O) groups is 1. The first-order chi connectivity index (χ1) is 8.67. The van der Waals surface area contributed by atoms with Crippen LogP contribution in [0.2, 0.25) is 0 Å². The second-order valence-electron chi connectivity index (χ2n) is 4.77. The van der Waals surface area contributed by atoms with Crippen LogP contribution in [0.1, 0.15) is 24.3 Å². The van der Waals surface area contributed by atoms with Crippen LogP contribution in [0.25, 0.3) is 10.2 Å². The normalized spacial score (nSPS) is 17.4. The number of carbonyl (C=O) groups excluding carboxylic acids is 1. The van der Waals surface area contributed by atoms with E-state index in [9.17, 15) is 4.79 Å². The second kappa shape index (κ2) is 4.33. The number of nitrogens with one attached hydrogen (secondary N) is 1. The third-order valence-corrected chi connectivity index (χ3v) is 4.47. The summed E-state index contributed by atoms with van der Waals surface area (Å²) in [4.78, 5) is 16.3. The SMILES string of the molecule is NC1(C(=O)NCc2nc3ccccc3s2)CCC1. The van der Waals surface area contributed by atoms with Crippen molar-refractivity contribution in [2.45, 2.75) is 31.3 Å². The summed E-state index contributed by atoms with van der Waals surface area (Å²) >= 11 is 1.61. The van der Waals surface area contributed by atoms with Gasteiger partial charge in [-0.3, -0.25) is 4.79 Å². The van der Waals surface area contributed by atoms with Gasteiger partial charge >= 0.3 is 0 Å². The predicted octanol–water partition coefficient (Wildman–Crippen LogP) is 1.79. The third kappa shape index (κ3) is 2.00. The van der Waals surface area contributed by atoms with Crippen molar-refractivity contribution in [1.29, 1.82) is 0 Å². The first-order valence-corrected chi connectivity index (χ1v) is 6.91. The van der Waals surface area contributed by atoms with E-state index in [1.165, 1.54) is 0 Å². The average molecular weight is 261 g/mol. The summed E-state index contributed by atoms with van der Waals surface area (Å²) in [5.41, 5.74) is 6.31. The lowest BCUT2D eigenvalue weighted by molar-refractivity contribution is -0.129. The Morgan fingerprint density at radius 1 is 1.44 bits per heavy atom. The molecule has 0 atom stereocenters. The molecule has 1 aromatic carbocycles. The molecule has 3 rings (SSSR count). The molecule has 4 nitrogen and oxygen atoms in total. The molecule has 1 amide bonds. The molecule has 1 fully saturated rings. The number of fused-ring (bicyclic) bond motifs is 1. The zero-order chi connectivity index (χ0) is 12.6. The van der Waals surface area contributed by atoms with Crippen LogP contribution in [0.3, 0.4) is 0 Å². The van der Waals surface area contributed by atoms with Crippen molar-refractivity contribution in [3.63, 3.8) is 0 Å². The van der Waals surface area contributed by atoms with Gasteiger partial charge in [0.2, 0.25) is 5.91 Å². The Balaban J connectivity index is 1.67. The van der Waals surface area contributed by atoms with Gasteiger partial charge in [-0.2, -0.15) is 0 Å². The minimum atomic E-state index is -0.628. The molecule has 1 aromatic heterocycles. The number of amides is 1. The van der Waals surface area contributed by atoms with Crippen molar-refractivity contribution in [2.75, 3.05) is 0 Å². The summed E-state index contributed by atoms with van der Waals surface area (Å²) in [6.45, 7) is 0.469. The van der Waals surface area contributed by atoms with Crippen LogP contribution in [-0.2, 0) is 11.3 Å². The minimum Gasteiger partial charge on any atom is -0.348 e. The van der Waals surface area contributed by atoms with Crippen molar-refractivity contribution >= 4 is 27.5 Å². The lowest BCUT2D eigenvalue weighted by Crippen LogP contribution is -2.58. The van der Waals surface area contributed by atoms with Crippen LogP contribution >= 0.6 is 11.3 Å². The number of hydrogen-bond acceptors (Lipinski definition) is 4. The van der Waals surface area contributed by atoms with Crippen LogP contribution < -0.4 is 11.1 Å². The average Bonchev–Trinajstić information content (AvgIpc) is 2.75. The smallest absolute Gasteiger partial charge is 0.240 e. The van der Waals surface area contributed by atoms with Gasteiger partial charge < -0.3 is 11.1 Å². The summed E-state index contributed by atoms with van der Waals surface area (Å²) in [7, 11) is 0. The van der Waals surface area contributed by atoms with E-state index < -0.39 is 5.54 Å². The fourth-order valence-electron chi connectivity index (χ4n) is 2.11. The van der Waals surface area contributed by atoms with E-state index in [0.717, 1.165) is 34.5 Å². The molecule has 0 aliphatic heterocycles. The van der Waals surface area contributed by atoms with Gasteiger partial charge in [0.05, 0.1) is 22.3 Å². The van der Waals surface area contributed by atoms with E-state index in [1.54, 1.807) is 11.3 Å². The zero-order valence-corrected chi connectivity index (χ0v) is 10.8. The Morgan fingerprint density at radius 2 is 2.22 bits per heavy atom. The third-order valence-electron chi connectivity index (χ3n) is 3.44. The molecule has 18 heavy (non-hydrogen) atoms. The van der Waals surface area contributed by atoms with Crippen molar-refractivity contribution in [3.05, 3.63) is 29.3 Å². The highest BCUT2D eigenvalue weighted by atomic mass is 32.1. The maximum absolute atomic E-state index is 11.9. The van der Waals surface area contributed by atoms with Crippen LogP contribution in [0.4, 0.5) is 0 Å². The maximum atomic E-state index is 11.9. The molecule has 0 saturated heterocycles. The molecular weight excluding hydrogens is 246 g/mol. The van der Waals surface area contributed by atoms with Gasteiger partial charge in [0.25, 0.3) is 0 Å². The lowest BCUT2D eigenvalue weighted by Gasteiger charge is -2.36. The molecule has 5 heteroatoms. The highest BCUT2D eigenvalue weighted by molar-refractivity contribution is 7.18. The quantitative estimate of drug-likeness (QED) is 0.885. The Bertz CT molecular complexity index is 556. The summed E-state index contributed by atoms with van der Waals surface area (Å²) in [6, 6.07) is 7.97. The minimum absolute atomic E-state index is 0.0481. The number of thiazole rings is 1. The van der Waals surface area contributed by atoms with Gasteiger partial charge in [0.15, 0.2) is 0 Å². The maximum Gasteiger partial charge on any atom is 0.240 e. The molecule has 1 aliphatic carbocycles. The number of nitrogens with zero attached hydrogens (tertiary/aromatic N) is 1. The topological polar surface area (TPSA) is 68.0 Å². The molecule has 0 spiro atoms. The molecule has 1 saturated carbocycles. The molecule has 1 aliphatic rings. The Hall–Kier alpha value is -1.46. The number of nitrogens with two attached hydrogens (primary N) is 1. The molecule has 1 heterocycles. The Kier molecular flexibility index (Phi) is 2.80. The first-order valence-electron chi connectivity index (χ1n) is 6.09. The lowest BCUT2D eigenvalue weighted by atomic mass is 9.77. The predicted molar refractivity (Wildman–Crippen MR) is 72.2 cm³/mol. The van der Waals surface area contributed by atoms with Crippen molar-refractivity contribution < 1.29 is 4.79 Å². The van der Waals surface area contributed by atoms with Crippen LogP contribution in [0.15, 0.2) is 24.3 Å². The highest BCUT2D eigenvalue weighted by Gasteiger charge is 2.39. The second-order valence-corrected chi connectivity index (χ2v) is 5.88. The van der Waals surface area contributed by atoms with E-state index in [0.29, 0.717) is 6.54 Å². The van der Waals surface area contributed by atoms with E-state index >= 15 is 0 Å². The number of para-hydroxylation sites is 1. The summed E-state index contributed by atoms with van der Waals surface area (Å²) in [5, 5.41) is 3.81. The molecule has 94 valence electrons. The summed E-state index contributed by atoms with van der Waals surface area (Å²) in [5.74, 6) is -0.0481. The first kappa shape index (κ1) is 11.6. The molecule has 2 aromatic rings. The van der Waals surface area contributed by atoms with Crippen molar-refractivity contribution in [2.24, 2.45) is 5.73 Å². The number of hydrogen-bond donors (Lipinski definition) is 2. The van der Waals surface area contributed by atoms with Crippen LogP contribution in [-0.4, -0.2) is 16.4 Å². The summed E-state index contributed by atoms with van der Waals surface area (Å²) in [6.07, 6.45) is 2.63. The monoisotopic (exact) mass is 261 g/mol. The highest BCUT2D eigenvalue weighted by Crippen LogP contribution is 2.29. The van der Waals surface area contributed by atoms with Crippen LogP contribution in [0.5, 0.6) is 0 Å². The fraction of sp³-hybridized carbons (Fsp3) is 0.385. The Morgan fingerprint density at radius 3 is 2.89 bits per heavy atom. The van der Waals surface area contributed by atoms with Gasteiger partial charge in [0, 0.05) is 0 Å². The molecule has 0 unspecified atom stereocenters. The van der Waals surface area contributed by atoms with Crippen molar-refractivity contribution in [1.82, 2.24) is 10.3 Å². The zero-order valence-electron chi connectivity index (χ0n) is 9.98. The molecular formula is C13H15N3OS. The van der Waals surface area contributed by atoms with E-state index in [4.69, 9.17) is 5.73 Å². The van der Waals surface area contributed by atoms with Crippen LogP contribution in [0, 0.1) is 0 Å². The molecule has 0 radical (unpaired) electrons. The van der Waals surface area contributed by atoms with E-state index in [1.807, 2.05) is 24.3 Å². The largest absolute Gasteiger partial charge is 0.348 e.